The first-order valence-corrected chi connectivity index (χ1v) is 8.36. The first-order valence-electron chi connectivity index (χ1n) is 8.36. The zero-order valence-corrected chi connectivity index (χ0v) is 15.5. The lowest BCUT2D eigenvalue weighted by atomic mass is 9.81. The SMILES string of the molecule is CC1(CNC(=O)c2cn(-c3cccc(C(F)(F)F)c3)nn2)CCNCC1.Cl. The number of piperidine rings is 1. The molecule has 1 saturated heterocycles. The maximum atomic E-state index is 12.8. The summed E-state index contributed by atoms with van der Waals surface area (Å²) in [6, 6.07) is 4.71. The Morgan fingerprint density at radius 2 is 2.04 bits per heavy atom. The Kier molecular flexibility index (Phi) is 6.48. The van der Waals surface area contributed by atoms with E-state index in [4.69, 9.17) is 0 Å². The van der Waals surface area contributed by atoms with Gasteiger partial charge in [0, 0.05) is 6.54 Å². The minimum Gasteiger partial charge on any atom is -0.350 e. The van der Waals surface area contributed by atoms with Gasteiger partial charge in [-0.15, -0.1) is 17.5 Å². The predicted octanol–water partition coefficient (Wildman–Crippen LogP) is 2.83. The Labute approximate surface area is 160 Å². The fourth-order valence-electron chi connectivity index (χ4n) is 2.91. The summed E-state index contributed by atoms with van der Waals surface area (Å²) in [6.07, 6.45) is -1.19. The molecule has 0 aliphatic carbocycles. The Hall–Kier alpha value is -2.13. The summed E-state index contributed by atoms with van der Waals surface area (Å²) in [5.41, 5.74) is -0.496. The Bertz CT molecular complexity index is 787. The lowest BCUT2D eigenvalue weighted by Gasteiger charge is -2.33. The topological polar surface area (TPSA) is 71.8 Å². The van der Waals surface area contributed by atoms with E-state index in [0.717, 1.165) is 42.7 Å². The smallest absolute Gasteiger partial charge is 0.350 e. The van der Waals surface area contributed by atoms with Crippen LogP contribution in [0.15, 0.2) is 30.5 Å². The molecule has 3 rings (SSSR count). The third-order valence-corrected chi connectivity index (χ3v) is 4.65. The zero-order valence-electron chi connectivity index (χ0n) is 14.7. The number of benzene rings is 1. The Morgan fingerprint density at radius 1 is 1.33 bits per heavy atom. The summed E-state index contributed by atoms with van der Waals surface area (Å²) in [5, 5.41) is 13.7. The van der Waals surface area contributed by atoms with Gasteiger partial charge in [-0.3, -0.25) is 4.79 Å². The van der Waals surface area contributed by atoms with Crippen molar-refractivity contribution < 1.29 is 18.0 Å². The van der Waals surface area contributed by atoms with Crippen LogP contribution in [0.5, 0.6) is 0 Å². The van der Waals surface area contributed by atoms with Crippen LogP contribution < -0.4 is 10.6 Å². The normalized spacial score (nSPS) is 16.4. The van der Waals surface area contributed by atoms with Gasteiger partial charge in [0.25, 0.3) is 5.91 Å². The van der Waals surface area contributed by atoms with E-state index in [1.54, 1.807) is 0 Å². The van der Waals surface area contributed by atoms with E-state index < -0.39 is 11.7 Å². The van der Waals surface area contributed by atoms with Crippen LogP contribution >= 0.6 is 12.4 Å². The van der Waals surface area contributed by atoms with Crippen molar-refractivity contribution in [3.63, 3.8) is 0 Å². The molecule has 1 amide bonds. The molecule has 148 valence electrons. The van der Waals surface area contributed by atoms with Crippen molar-refractivity contribution >= 4 is 18.3 Å². The van der Waals surface area contributed by atoms with E-state index in [1.165, 1.54) is 18.3 Å². The van der Waals surface area contributed by atoms with Gasteiger partial charge >= 0.3 is 6.18 Å². The molecule has 1 aliphatic rings. The maximum Gasteiger partial charge on any atom is 0.416 e. The van der Waals surface area contributed by atoms with Gasteiger partial charge in [0.2, 0.25) is 0 Å². The van der Waals surface area contributed by atoms with Crippen LogP contribution in [0.25, 0.3) is 5.69 Å². The molecule has 27 heavy (non-hydrogen) atoms. The standard InChI is InChI=1S/C17H20F3N5O.ClH/c1-16(5-7-21-8-6-16)11-22-15(26)14-10-25(24-23-14)13-4-2-3-12(9-13)17(18,19)20;/h2-4,9-10,21H,5-8,11H2,1H3,(H,22,26);1H. The van der Waals surface area contributed by atoms with Crippen molar-refractivity contribution in [3.05, 3.63) is 41.7 Å². The molecule has 0 atom stereocenters. The summed E-state index contributed by atoms with van der Waals surface area (Å²) in [5.74, 6) is -0.386. The molecule has 0 radical (unpaired) electrons. The molecule has 6 nitrogen and oxygen atoms in total. The first kappa shape index (κ1) is 21.2. The number of nitrogens with zero attached hydrogens (tertiary/aromatic N) is 3. The quantitative estimate of drug-likeness (QED) is 0.823. The summed E-state index contributed by atoms with van der Waals surface area (Å²) in [6.45, 7) is 4.47. The number of carbonyl (C=O) groups excluding carboxylic acids is 1. The molecule has 10 heteroatoms. The highest BCUT2D eigenvalue weighted by Gasteiger charge is 2.31. The molecule has 1 aliphatic heterocycles. The molecule has 2 heterocycles. The number of amides is 1. The van der Waals surface area contributed by atoms with Crippen LogP contribution in [0.2, 0.25) is 0 Å². The molecule has 1 fully saturated rings. The number of hydrogen-bond donors (Lipinski definition) is 2. The molecule has 2 N–H and O–H groups in total. The van der Waals surface area contributed by atoms with Crippen molar-refractivity contribution in [2.24, 2.45) is 5.41 Å². The molecule has 2 aromatic rings. The Morgan fingerprint density at radius 3 is 2.70 bits per heavy atom. The second-order valence-corrected chi connectivity index (χ2v) is 6.84. The van der Waals surface area contributed by atoms with Crippen LogP contribution in [0.1, 0.15) is 35.8 Å². The first-order chi connectivity index (χ1) is 12.3. The van der Waals surface area contributed by atoms with Gasteiger partial charge in [-0.1, -0.05) is 18.2 Å². The zero-order chi connectivity index (χ0) is 18.8. The molecule has 0 spiro atoms. The largest absolute Gasteiger partial charge is 0.416 e. The van der Waals surface area contributed by atoms with Gasteiger partial charge in [-0.2, -0.15) is 13.2 Å². The number of hydrogen-bond acceptors (Lipinski definition) is 4. The lowest BCUT2D eigenvalue weighted by molar-refractivity contribution is -0.137. The molecule has 1 aromatic heterocycles. The predicted molar refractivity (Wildman–Crippen MR) is 96.2 cm³/mol. The highest BCUT2D eigenvalue weighted by Crippen LogP contribution is 2.30. The highest BCUT2D eigenvalue weighted by molar-refractivity contribution is 5.91. The molecule has 1 aromatic carbocycles. The summed E-state index contributed by atoms with van der Waals surface area (Å²) in [4.78, 5) is 12.3. The molecule has 0 saturated carbocycles. The highest BCUT2D eigenvalue weighted by atomic mass is 35.5. The third kappa shape index (κ3) is 5.20. The summed E-state index contributed by atoms with van der Waals surface area (Å²) in [7, 11) is 0. The van der Waals surface area contributed by atoms with E-state index in [0.29, 0.717) is 6.54 Å². The fourth-order valence-corrected chi connectivity index (χ4v) is 2.91. The molecular weight excluding hydrogens is 383 g/mol. The van der Waals surface area contributed by atoms with Crippen molar-refractivity contribution in [2.45, 2.75) is 25.9 Å². The van der Waals surface area contributed by atoms with E-state index in [2.05, 4.69) is 27.9 Å². The van der Waals surface area contributed by atoms with Crippen LogP contribution in [0.4, 0.5) is 13.2 Å². The molecule has 0 unspecified atom stereocenters. The number of carbonyl (C=O) groups is 1. The molecule has 0 bridgehead atoms. The van der Waals surface area contributed by atoms with E-state index in [-0.39, 0.29) is 35.1 Å². The number of rotatable bonds is 4. The number of nitrogens with one attached hydrogen (secondary N) is 2. The van der Waals surface area contributed by atoms with Gasteiger partial charge in [0.05, 0.1) is 17.4 Å². The van der Waals surface area contributed by atoms with Crippen LogP contribution in [-0.2, 0) is 6.18 Å². The van der Waals surface area contributed by atoms with Gasteiger partial charge < -0.3 is 10.6 Å². The van der Waals surface area contributed by atoms with E-state index in [1.807, 2.05) is 0 Å². The fraction of sp³-hybridized carbons (Fsp3) is 0.471. The summed E-state index contributed by atoms with van der Waals surface area (Å²) < 4.78 is 39.6. The van der Waals surface area contributed by atoms with E-state index in [9.17, 15) is 18.0 Å². The van der Waals surface area contributed by atoms with E-state index >= 15 is 0 Å². The van der Waals surface area contributed by atoms with Crippen molar-refractivity contribution in [2.75, 3.05) is 19.6 Å². The van der Waals surface area contributed by atoms with Crippen molar-refractivity contribution in [3.8, 4) is 5.69 Å². The minimum atomic E-state index is -4.44. The van der Waals surface area contributed by atoms with Crippen molar-refractivity contribution in [1.29, 1.82) is 0 Å². The van der Waals surface area contributed by atoms with Gasteiger partial charge in [0.15, 0.2) is 5.69 Å². The van der Waals surface area contributed by atoms with Gasteiger partial charge in [-0.05, 0) is 49.5 Å². The summed E-state index contributed by atoms with van der Waals surface area (Å²) >= 11 is 0. The Balaban J connectivity index is 0.00000261. The van der Waals surface area contributed by atoms with Gasteiger partial charge in [-0.25, -0.2) is 4.68 Å². The minimum absolute atomic E-state index is 0. The van der Waals surface area contributed by atoms with Crippen molar-refractivity contribution in [1.82, 2.24) is 25.6 Å². The maximum absolute atomic E-state index is 12.8. The molecular formula is C17H21ClF3N5O. The second-order valence-electron chi connectivity index (χ2n) is 6.84. The lowest BCUT2D eigenvalue weighted by Crippen LogP contribution is -2.43. The average molecular weight is 404 g/mol. The second kappa shape index (κ2) is 8.26. The van der Waals surface area contributed by atoms with Crippen LogP contribution in [0.3, 0.4) is 0 Å². The number of alkyl halides is 3. The average Bonchev–Trinajstić information content (AvgIpc) is 3.10. The monoisotopic (exact) mass is 403 g/mol. The number of aromatic nitrogens is 3. The van der Waals surface area contributed by atoms with Crippen LogP contribution in [-0.4, -0.2) is 40.5 Å². The van der Waals surface area contributed by atoms with Gasteiger partial charge in [0.1, 0.15) is 0 Å². The third-order valence-electron chi connectivity index (χ3n) is 4.65. The van der Waals surface area contributed by atoms with Crippen LogP contribution in [0, 0.1) is 5.41 Å². The number of halogens is 4.